The molecule has 4 nitrogen and oxygen atoms in total. The van der Waals surface area contributed by atoms with Crippen LogP contribution in [-0.4, -0.2) is 22.9 Å². The van der Waals surface area contributed by atoms with Gasteiger partial charge in [0.15, 0.2) is 5.78 Å². The molecule has 1 aliphatic rings. The van der Waals surface area contributed by atoms with Gasteiger partial charge in [0.1, 0.15) is 0 Å². The predicted molar refractivity (Wildman–Crippen MR) is 67.6 cm³/mol. The molecule has 2 rings (SSSR count). The fourth-order valence-electron chi connectivity index (χ4n) is 2.47. The summed E-state index contributed by atoms with van der Waals surface area (Å²) in [5.41, 5.74) is 6.99. The number of nitrogens with zero attached hydrogens (tertiary/aromatic N) is 1. The fraction of sp³-hybridized carbons (Fsp3) is 0.538. The number of rotatable bonds is 4. The van der Waals surface area contributed by atoms with Gasteiger partial charge in [-0.2, -0.15) is 0 Å². The Balaban J connectivity index is 2.14. The van der Waals surface area contributed by atoms with E-state index in [1.165, 1.54) is 0 Å². The summed E-state index contributed by atoms with van der Waals surface area (Å²) in [6.07, 6.45) is 6.55. The Morgan fingerprint density at radius 1 is 1.65 bits per heavy atom. The highest BCUT2D eigenvalue weighted by Gasteiger charge is 2.38. The summed E-state index contributed by atoms with van der Waals surface area (Å²) in [6.45, 7) is 2.99. The summed E-state index contributed by atoms with van der Waals surface area (Å²) >= 11 is 0. The molecule has 1 aromatic rings. The number of carbonyl (C=O) groups is 1. The van der Waals surface area contributed by atoms with E-state index in [-0.39, 0.29) is 11.3 Å². The summed E-state index contributed by atoms with van der Waals surface area (Å²) < 4.78 is 0. The molecule has 2 heterocycles. The van der Waals surface area contributed by atoms with Gasteiger partial charge >= 0.3 is 0 Å². The molecule has 17 heavy (non-hydrogen) atoms. The predicted octanol–water partition coefficient (Wildman–Crippen LogP) is 1.31. The maximum atomic E-state index is 12.4. The van der Waals surface area contributed by atoms with Crippen molar-refractivity contribution >= 4 is 11.5 Å². The van der Waals surface area contributed by atoms with Crippen LogP contribution in [0.25, 0.3) is 0 Å². The molecule has 1 fully saturated rings. The topological polar surface area (TPSA) is 68.0 Å². The van der Waals surface area contributed by atoms with Crippen molar-refractivity contribution in [3.8, 4) is 0 Å². The van der Waals surface area contributed by atoms with Gasteiger partial charge in [-0.3, -0.25) is 9.78 Å². The standard InChI is InChI=1S/C13H19N3O/c1-2-13(5-3-6-16-13)12(17)8-10-9-15-7-4-11(10)14/h4,7,9,16H,2-3,5-6,8H2,1H3,(H2,14,15). The number of carbonyl (C=O) groups excluding carboxylic acids is 1. The molecule has 92 valence electrons. The highest BCUT2D eigenvalue weighted by Crippen LogP contribution is 2.26. The Kier molecular flexibility index (Phi) is 3.43. The second kappa shape index (κ2) is 4.84. The molecule has 0 radical (unpaired) electrons. The zero-order valence-corrected chi connectivity index (χ0v) is 10.2. The third kappa shape index (κ3) is 2.31. The quantitative estimate of drug-likeness (QED) is 0.822. The molecule has 1 saturated heterocycles. The van der Waals surface area contributed by atoms with Gasteiger partial charge in [-0.1, -0.05) is 6.92 Å². The molecule has 0 bridgehead atoms. The van der Waals surface area contributed by atoms with E-state index in [0.29, 0.717) is 12.1 Å². The highest BCUT2D eigenvalue weighted by atomic mass is 16.1. The SMILES string of the molecule is CCC1(C(=O)Cc2cnccc2N)CCCN1. The molecule has 0 aliphatic carbocycles. The number of Topliss-reactive ketones (excluding diaryl/α,β-unsaturated/α-hetero) is 1. The lowest BCUT2D eigenvalue weighted by atomic mass is 9.86. The van der Waals surface area contributed by atoms with Crippen molar-refractivity contribution in [2.45, 2.75) is 38.1 Å². The van der Waals surface area contributed by atoms with Gasteiger partial charge in [0.2, 0.25) is 0 Å². The Labute approximate surface area is 102 Å². The number of anilines is 1. The molecule has 3 N–H and O–H groups in total. The lowest BCUT2D eigenvalue weighted by Gasteiger charge is -2.26. The fourth-order valence-corrected chi connectivity index (χ4v) is 2.47. The lowest BCUT2D eigenvalue weighted by molar-refractivity contribution is -0.124. The van der Waals surface area contributed by atoms with Gasteiger partial charge in [0.25, 0.3) is 0 Å². The van der Waals surface area contributed by atoms with Crippen molar-refractivity contribution in [3.05, 3.63) is 24.0 Å². The van der Waals surface area contributed by atoms with Gasteiger partial charge in [0.05, 0.1) is 5.54 Å². The van der Waals surface area contributed by atoms with Crippen molar-refractivity contribution in [1.29, 1.82) is 0 Å². The Morgan fingerprint density at radius 2 is 2.47 bits per heavy atom. The van der Waals surface area contributed by atoms with Crippen LogP contribution in [0.5, 0.6) is 0 Å². The van der Waals surface area contributed by atoms with Gasteiger partial charge in [-0.15, -0.1) is 0 Å². The first-order chi connectivity index (χ1) is 8.18. The molecular formula is C13H19N3O. The minimum Gasteiger partial charge on any atom is -0.398 e. The van der Waals surface area contributed by atoms with Crippen LogP contribution in [-0.2, 0) is 11.2 Å². The van der Waals surface area contributed by atoms with Crippen LogP contribution < -0.4 is 11.1 Å². The maximum Gasteiger partial charge on any atom is 0.157 e. The van der Waals surface area contributed by atoms with Gasteiger partial charge in [-0.05, 0) is 31.9 Å². The molecular weight excluding hydrogens is 214 g/mol. The molecule has 0 saturated carbocycles. The maximum absolute atomic E-state index is 12.4. The zero-order valence-electron chi connectivity index (χ0n) is 10.2. The summed E-state index contributed by atoms with van der Waals surface area (Å²) in [5.74, 6) is 0.234. The number of nitrogens with one attached hydrogen (secondary N) is 1. The monoisotopic (exact) mass is 233 g/mol. The van der Waals surface area contributed by atoms with Crippen LogP contribution in [0.4, 0.5) is 5.69 Å². The highest BCUT2D eigenvalue weighted by molar-refractivity contribution is 5.91. The van der Waals surface area contributed by atoms with Crippen molar-refractivity contribution in [2.24, 2.45) is 0 Å². The van der Waals surface area contributed by atoms with Crippen LogP contribution in [0.2, 0.25) is 0 Å². The van der Waals surface area contributed by atoms with E-state index < -0.39 is 0 Å². The van der Waals surface area contributed by atoms with Crippen LogP contribution in [0.3, 0.4) is 0 Å². The first-order valence-corrected chi connectivity index (χ1v) is 6.14. The largest absolute Gasteiger partial charge is 0.398 e. The Bertz CT molecular complexity index is 411. The smallest absolute Gasteiger partial charge is 0.157 e. The molecule has 4 heteroatoms. The number of aromatic nitrogens is 1. The average Bonchev–Trinajstić information content (AvgIpc) is 2.82. The van der Waals surface area contributed by atoms with E-state index in [4.69, 9.17) is 5.73 Å². The van der Waals surface area contributed by atoms with E-state index in [1.54, 1.807) is 18.5 Å². The molecule has 1 atom stereocenters. The number of ketones is 1. The first-order valence-electron chi connectivity index (χ1n) is 6.14. The molecule has 0 aromatic carbocycles. The zero-order chi connectivity index (χ0) is 12.3. The first kappa shape index (κ1) is 12.0. The minimum absolute atomic E-state index is 0.234. The van der Waals surface area contributed by atoms with E-state index in [9.17, 15) is 4.79 Å². The lowest BCUT2D eigenvalue weighted by Crippen LogP contribution is -2.47. The van der Waals surface area contributed by atoms with Crippen molar-refractivity contribution in [3.63, 3.8) is 0 Å². The normalized spacial score (nSPS) is 23.8. The van der Waals surface area contributed by atoms with Gasteiger partial charge < -0.3 is 11.1 Å². The number of hydrogen-bond acceptors (Lipinski definition) is 4. The van der Waals surface area contributed by atoms with Crippen molar-refractivity contribution in [2.75, 3.05) is 12.3 Å². The van der Waals surface area contributed by atoms with Crippen LogP contribution in [0.15, 0.2) is 18.5 Å². The molecule has 1 aromatic heterocycles. The molecule has 1 aliphatic heterocycles. The van der Waals surface area contributed by atoms with Crippen LogP contribution in [0.1, 0.15) is 31.7 Å². The summed E-state index contributed by atoms with van der Waals surface area (Å²) in [4.78, 5) is 16.4. The van der Waals surface area contributed by atoms with Gasteiger partial charge in [-0.25, -0.2) is 0 Å². The molecule has 1 unspecified atom stereocenters. The van der Waals surface area contributed by atoms with Crippen molar-refractivity contribution in [1.82, 2.24) is 10.3 Å². The van der Waals surface area contributed by atoms with E-state index >= 15 is 0 Å². The molecule has 0 spiro atoms. The van der Waals surface area contributed by atoms with E-state index in [1.807, 2.05) is 0 Å². The summed E-state index contributed by atoms with van der Waals surface area (Å²) in [5, 5.41) is 3.35. The third-order valence-corrected chi connectivity index (χ3v) is 3.67. The van der Waals surface area contributed by atoms with Crippen molar-refractivity contribution < 1.29 is 4.79 Å². The second-order valence-corrected chi connectivity index (χ2v) is 4.64. The van der Waals surface area contributed by atoms with E-state index in [0.717, 1.165) is 31.4 Å². The van der Waals surface area contributed by atoms with E-state index in [2.05, 4.69) is 17.2 Å². The van der Waals surface area contributed by atoms with Crippen LogP contribution in [0, 0.1) is 0 Å². The summed E-state index contributed by atoms with van der Waals surface area (Å²) in [7, 11) is 0. The number of nitrogens with two attached hydrogens (primary N) is 1. The molecule has 0 amide bonds. The number of nitrogen functional groups attached to an aromatic ring is 1. The van der Waals surface area contributed by atoms with Crippen LogP contribution >= 0.6 is 0 Å². The minimum atomic E-state index is -0.331. The Hall–Kier alpha value is -1.42. The third-order valence-electron chi connectivity index (χ3n) is 3.67. The van der Waals surface area contributed by atoms with Gasteiger partial charge in [0, 0.05) is 30.1 Å². The number of pyridine rings is 1. The number of hydrogen-bond donors (Lipinski definition) is 2. The second-order valence-electron chi connectivity index (χ2n) is 4.64. The average molecular weight is 233 g/mol. The Morgan fingerprint density at radius 3 is 3.06 bits per heavy atom. The summed E-state index contributed by atoms with van der Waals surface area (Å²) in [6, 6.07) is 1.74.